The summed E-state index contributed by atoms with van der Waals surface area (Å²) in [5.41, 5.74) is 5.21. The zero-order valence-electron chi connectivity index (χ0n) is 13.2. The molecule has 0 aromatic heterocycles. The van der Waals surface area contributed by atoms with E-state index >= 15 is 0 Å². The van der Waals surface area contributed by atoms with E-state index in [9.17, 15) is 19.2 Å². The van der Waals surface area contributed by atoms with Crippen molar-refractivity contribution in [1.29, 1.82) is 0 Å². The van der Waals surface area contributed by atoms with Crippen LogP contribution in [-0.4, -0.2) is 59.7 Å². The summed E-state index contributed by atoms with van der Waals surface area (Å²) in [6, 6.07) is -1.95. The van der Waals surface area contributed by atoms with Crippen molar-refractivity contribution in [2.24, 2.45) is 11.7 Å². The first-order chi connectivity index (χ1) is 10.8. The number of carboxylic acid groups (broad SMARTS) is 1. The zero-order valence-corrected chi connectivity index (χ0v) is 14.1. The molecule has 0 fully saturated rings. The summed E-state index contributed by atoms with van der Waals surface area (Å²) in [5, 5.41) is 15.9. The molecule has 0 aliphatic heterocycles. The van der Waals surface area contributed by atoms with Gasteiger partial charge in [-0.25, -0.2) is 4.79 Å². The Hall–Kier alpha value is -1.81. The van der Waals surface area contributed by atoms with Gasteiger partial charge in [-0.1, -0.05) is 20.3 Å². The number of thiol groups is 1. The van der Waals surface area contributed by atoms with Crippen LogP contribution >= 0.6 is 12.6 Å². The molecule has 0 spiro atoms. The first kappa shape index (κ1) is 21.2. The fourth-order valence-corrected chi connectivity index (χ4v) is 1.89. The first-order valence-corrected chi connectivity index (χ1v) is 7.80. The number of nitrogens with one attached hydrogen (secondary N) is 3. The lowest BCUT2D eigenvalue weighted by atomic mass is 9.98. The molecule has 10 heteroatoms. The highest BCUT2D eigenvalue weighted by atomic mass is 32.1. The Labute approximate surface area is 140 Å². The van der Waals surface area contributed by atoms with Gasteiger partial charge >= 0.3 is 5.97 Å². The summed E-state index contributed by atoms with van der Waals surface area (Å²) in [5.74, 6) is -3.11. The number of hydrogen-bond donors (Lipinski definition) is 6. The van der Waals surface area contributed by atoms with Crippen molar-refractivity contribution >= 4 is 36.3 Å². The van der Waals surface area contributed by atoms with Crippen molar-refractivity contribution in [3.05, 3.63) is 0 Å². The summed E-state index contributed by atoms with van der Waals surface area (Å²) in [6.45, 7) is 2.99. The Morgan fingerprint density at radius 2 is 1.78 bits per heavy atom. The van der Waals surface area contributed by atoms with Crippen molar-refractivity contribution in [2.45, 2.75) is 32.4 Å². The maximum atomic E-state index is 12.1. The average molecular weight is 348 g/mol. The molecule has 132 valence electrons. The van der Waals surface area contributed by atoms with Gasteiger partial charge in [0, 0.05) is 5.75 Å². The van der Waals surface area contributed by atoms with Crippen LogP contribution in [0, 0.1) is 5.92 Å². The minimum atomic E-state index is -1.22. The SMILES string of the molecule is CCC(C)C(NC(=O)CN)C(=O)NCC(=O)NC(CS)C(=O)O. The molecule has 23 heavy (non-hydrogen) atoms. The van der Waals surface area contributed by atoms with E-state index in [-0.39, 0.29) is 18.2 Å². The van der Waals surface area contributed by atoms with Crippen molar-refractivity contribution in [2.75, 3.05) is 18.8 Å². The summed E-state index contributed by atoms with van der Waals surface area (Å²) in [4.78, 5) is 45.9. The Bertz CT molecular complexity index is 446. The molecule has 0 aliphatic rings. The second kappa shape index (κ2) is 10.8. The second-order valence-corrected chi connectivity index (χ2v) is 5.36. The van der Waals surface area contributed by atoms with Crippen molar-refractivity contribution in [3.63, 3.8) is 0 Å². The van der Waals surface area contributed by atoms with Gasteiger partial charge < -0.3 is 26.8 Å². The van der Waals surface area contributed by atoms with Crippen molar-refractivity contribution < 1.29 is 24.3 Å². The van der Waals surface area contributed by atoms with Gasteiger partial charge in [0.1, 0.15) is 12.1 Å². The second-order valence-electron chi connectivity index (χ2n) is 4.99. The smallest absolute Gasteiger partial charge is 0.327 e. The quantitative estimate of drug-likeness (QED) is 0.254. The molecule has 0 aromatic carbocycles. The number of carboxylic acids is 1. The van der Waals surface area contributed by atoms with E-state index in [0.717, 1.165) is 0 Å². The number of nitrogens with two attached hydrogens (primary N) is 1. The largest absolute Gasteiger partial charge is 0.480 e. The van der Waals surface area contributed by atoms with Gasteiger partial charge in [-0.05, 0) is 5.92 Å². The number of carbonyl (C=O) groups is 4. The van der Waals surface area contributed by atoms with Crippen LogP contribution in [0.25, 0.3) is 0 Å². The van der Waals surface area contributed by atoms with Crippen LogP contribution in [0.1, 0.15) is 20.3 Å². The van der Waals surface area contributed by atoms with Crippen LogP contribution < -0.4 is 21.7 Å². The summed E-state index contributed by atoms with van der Waals surface area (Å²) < 4.78 is 0. The van der Waals surface area contributed by atoms with Gasteiger partial charge in [0.15, 0.2) is 0 Å². The molecule has 3 amide bonds. The Balaban J connectivity index is 4.59. The lowest BCUT2D eigenvalue weighted by Crippen LogP contribution is -2.54. The van der Waals surface area contributed by atoms with E-state index in [1.807, 2.05) is 6.92 Å². The van der Waals surface area contributed by atoms with Gasteiger partial charge in [0.05, 0.1) is 13.1 Å². The predicted molar refractivity (Wildman–Crippen MR) is 86.9 cm³/mol. The molecule has 0 saturated heterocycles. The molecule has 0 rings (SSSR count). The normalized spacial score (nSPS) is 14.3. The monoisotopic (exact) mass is 348 g/mol. The molecule has 0 heterocycles. The van der Waals surface area contributed by atoms with Gasteiger partial charge in [0.2, 0.25) is 17.7 Å². The van der Waals surface area contributed by atoms with Gasteiger partial charge in [0.25, 0.3) is 0 Å². The summed E-state index contributed by atoms with van der Waals surface area (Å²) in [6.07, 6.45) is 0.635. The third-order valence-corrected chi connectivity index (χ3v) is 3.60. The number of carbonyl (C=O) groups excluding carboxylic acids is 3. The number of aliphatic carboxylic acids is 1. The maximum Gasteiger partial charge on any atom is 0.327 e. The standard InChI is InChI=1S/C13H24N4O5S/c1-3-7(2)11(17-9(18)4-14)12(20)15-5-10(19)16-8(6-23)13(21)22/h7-8,11,23H,3-6,14H2,1-2H3,(H,15,20)(H,16,19)(H,17,18)(H,21,22). The predicted octanol–water partition coefficient (Wildman–Crippen LogP) is -1.91. The summed E-state index contributed by atoms with van der Waals surface area (Å²) >= 11 is 3.82. The van der Waals surface area contributed by atoms with Crippen molar-refractivity contribution in [1.82, 2.24) is 16.0 Å². The molecule has 6 N–H and O–H groups in total. The van der Waals surface area contributed by atoms with Gasteiger partial charge in [-0.15, -0.1) is 0 Å². The van der Waals surface area contributed by atoms with E-state index in [1.165, 1.54) is 0 Å². The average Bonchev–Trinajstić information content (AvgIpc) is 2.53. The third-order valence-electron chi connectivity index (χ3n) is 3.24. The fraction of sp³-hybridized carbons (Fsp3) is 0.692. The summed E-state index contributed by atoms with van der Waals surface area (Å²) in [7, 11) is 0. The number of rotatable bonds is 10. The highest BCUT2D eigenvalue weighted by molar-refractivity contribution is 7.80. The van der Waals surface area contributed by atoms with Gasteiger partial charge in [-0.3, -0.25) is 14.4 Å². The highest BCUT2D eigenvalue weighted by Gasteiger charge is 2.26. The van der Waals surface area contributed by atoms with E-state index < -0.39 is 42.3 Å². The Kier molecular flexibility index (Phi) is 9.99. The van der Waals surface area contributed by atoms with Crippen LogP contribution in [0.4, 0.5) is 0 Å². The molecule has 9 nitrogen and oxygen atoms in total. The molecule has 0 aromatic rings. The molecular weight excluding hydrogens is 324 g/mol. The van der Waals surface area contributed by atoms with Crippen molar-refractivity contribution in [3.8, 4) is 0 Å². The topological polar surface area (TPSA) is 151 Å². The molecular formula is C13H24N4O5S. The third kappa shape index (κ3) is 7.84. The fourth-order valence-electron chi connectivity index (χ4n) is 1.64. The van der Waals surface area contributed by atoms with Crippen LogP contribution in [0.15, 0.2) is 0 Å². The molecule has 3 atom stereocenters. The maximum absolute atomic E-state index is 12.1. The van der Waals surface area contributed by atoms with Crippen LogP contribution in [0.3, 0.4) is 0 Å². The zero-order chi connectivity index (χ0) is 18.0. The number of amides is 3. The Morgan fingerprint density at radius 3 is 2.22 bits per heavy atom. The van der Waals surface area contributed by atoms with E-state index in [2.05, 4.69) is 28.6 Å². The minimum Gasteiger partial charge on any atom is -0.480 e. The minimum absolute atomic E-state index is 0.0724. The van der Waals surface area contributed by atoms with Crippen LogP contribution in [0.5, 0.6) is 0 Å². The van der Waals surface area contributed by atoms with Crippen LogP contribution in [0.2, 0.25) is 0 Å². The Morgan fingerprint density at radius 1 is 1.17 bits per heavy atom. The molecule has 0 bridgehead atoms. The van der Waals surface area contributed by atoms with Gasteiger partial charge in [-0.2, -0.15) is 12.6 Å². The van der Waals surface area contributed by atoms with E-state index in [1.54, 1.807) is 6.92 Å². The molecule has 3 unspecified atom stereocenters. The lowest BCUT2D eigenvalue weighted by molar-refractivity contribution is -0.141. The van der Waals surface area contributed by atoms with E-state index in [0.29, 0.717) is 6.42 Å². The molecule has 0 radical (unpaired) electrons. The highest BCUT2D eigenvalue weighted by Crippen LogP contribution is 2.07. The lowest BCUT2D eigenvalue weighted by Gasteiger charge is -2.23. The first-order valence-electron chi connectivity index (χ1n) is 7.16. The molecule has 0 aliphatic carbocycles. The van der Waals surface area contributed by atoms with E-state index in [4.69, 9.17) is 10.8 Å². The molecule has 0 saturated carbocycles. The number of hydrogen-bond acceptors (Lipinski definition) is 6. The van der Waals surface area contributed by atoms with Crippen LogP contribution in [-0.2, 0) is 19.2 Å².